The maximum absolute atomic E-state index is 11.9. The van der Waals surface area contributed by atoms with Crippen molar-refractivity contribution in [2.24, 2.45) is 0 Å². The third kappa shape index (κ3) is 3.38. The van der Waals surface area contributed by atoms with Gasteiger partial charge < -0.3 is 9.47 Å². The van der Waals surface area contributed by atoms with Gasteiger partial charge in [-0.2, -0.15) is 0 Å². The van der Waals surface area contributed by atoms with E-state index in [-0.39, 0.29) is 5.43 Å². The molecule has 0 bridgehead atoms. The second kappa shape index (κ2) is 5.78. The van der Waals surface area contributed by atoms with E-state index in [2.05, 4.69) is 0 Å². The van der Waals surface area contributed by atoms with Gasteiger partial charge in [0.05, 0.1) is 6.10 Å². The number of ether oxygens (including phenoxy) is 2. The van der Waals surface area contributed by atoms with Crippen LogP contribution in [0.3, 0.4) is 0 Å². The molecular weight excluding hydrogens is 252 g/mol. The second-order valence-electron chi connectivity index (χ2n) is 4.89. The smallest absolute Gasteiger partial charge is 0.220 e. The Morgan fingerprint density at radius 2 is 1.80 bits per heavy atom. The lowest BCUT2D eigenvalue weighted by atomic mass is 10.2. The highest BCUT2D eigenvalue weighted by molar-refractivity contribution is 5.32. The summed E-state index contributed by atoms with van der Waals surface area (Å²) in [4.78, 5) is 11.9. The number of hydrogen-bond acceptors (Lipinski definition) is 3. The zero-order chi connectivity index (χ0) is 13.8. The minimum atomic E-state index is -0.133. The van der Waals surface area contributed by atoms with Crippen molar-refractivity contribution in [1.29, 1.82) is 0 Å². The van der Waals surface area contributed by atoms with Gasteiger partial charge in [-0.25, -0.2) is 0 Å². The molecule has 0 heterocycles. The summed E-state index contributed by atoms with van der Waals surface area (Å²) in [6.45, 7) is 0.378. The summed E-state index contributed by atoms with van der Waals surface area (Å²) in [7, 11) is 0. The second-order valence-corrected chi connectivity index (χ2v) is 4.89. The van der Waals surface area contributed by atoms with Gasteiger partial charge in [-0.05, 0) is 30.5 Å². The predicted octanol–water partition coefficient (Wildman–Crippen LogP) is 3.17. The topological polar surface area (TPSA) is 35.5 Å². The molecule has 1 aliphatic carbocycles. The van der Waals surface area contributed by atoms with Crippen LogP contribution in [-0.2, 0) is 6.61 Å². The third-order valence-corrected chi connectivity index (χ3v) is 3.09. The molecule has 0 aromatic heterocycles. The molecule has 0 spiro atoms. The number of rotatable bonds is 5. The Morgan fingerprint density at radius 3 is 2.55 bits per heavy atom. The van der Waals surface area contributed by atoms with E-state index in [0.29, 0.717) is 24.2 Å². The Hall–Kier alpha value is -2.29. The molecule has 2 aromatic carbocycles. The highest BCUT2D eigenvalue weighted by atomic mass is 16.5. The molecule has 3 heteroatoms. The molecule has 0 saturated heterocycles. The molecule has 0 atom stereocenters. The lowest BCUT2D eigenvalue weighted by molar-refractivity contribution is 0.289. The monoisotopic (exact) mass is 268 g/mol. The van der Waals surface area contributed by atoms with Crippen LogP contribution in [-0.4, -0.2) is 6.10 Å². The van der Waals surface area contributed by atoms with Gasteiger partial charge in [0.15, 0.2) is 5.75 Å². The summed E-state index contributed by atoms with van der Waals surface area (Å²) in [5, 5.41) is 0. The SMILES string of the molecule is O=c1cccc(OC2CC2)cc1OCc1ccccc1. The molecule has 102 valence electrons. The van der Waals surface area contributed by atoms with Crippen LogP contribution in [0, 0.1) is 0 Å². The standard InChI is InChI=1S/C17H16O3/c18-16-8-4-7-15(20-14-9-10-14)11-17(16)19-12-13-5-2-1-3-6-13/h1-8,11,14H,9-10,12H2. The minimum Gasteiger partial charge on any atom is -0.490 e. The summed E-state index contributed by atoms with van der Waals surface area (Å²) in [5.41, 5.74) is 0.898. The van der Waals surface area contributed by atoms with Crippen molar-refractivity contribution in [3.8, 4) is 11.5 Å². The molecule has 0 aliphatic heterocycles. The van der Waals surface area contributed by atoms with Crippen LogP contribution in [0.25, 0.3) is 0 Å². The van der Waals surface area contributed by atoms with E-state index in [9.17, 15) is 4.79 Å². The van der Waals surface area contributed by atoms with E-state index in [1.165, 1.54) is 6.07 Å². The first-order chi connectivity index (χ1) is 9.81. The fraction of sp³-hybridized carbons (Fsp3) is 0.235. The summed E-state index contributed by atoms with van der Waals surface area (Å²) < 4.78 is 11.3. The van der Waals surface area contributed by atoms with Crippen molar-refractivity contribution >= 4 is 0 Å². The summed E-state index contributed by atoms with van der Waals surface area (Å²) in [5.74, 6) is 1.02. The van der Waals surface area contributed by atoms with Crippen LogP contribution >= 0.6 is 0 Å². The Bertz CT molecular complexity index is 633. The molecule has 3 nitrogen and oxygen atoms in total. The molecule has 2 aromatic rings. The molecular formula is C17H16O3. The molecule has 1 fully saturated rings. The van der Waals surface area contributed by atoms with Gasteiger partial charge in [-0.15, -0.1) is 0 Å². The highest BCUT2D eigenvalue weighted by Gasteiger charge is 2.23. The van der Waals surface area contributed by atoms with Crippen LogP contribution in [0.1, 0.15) is 18.4 Å². The average Bonchev–Trinajstić information content (AvgIpc) is 3.28. The Morgan fingerprint density at radius 1 is 1.00 bits per heavy atom. The van der Waals surface area contributed by atoms with Crippen molar-refractivity contribution in [2.45, 2.75) is 25.6 Å². The fourth-order valence-electron chi connectivity index (χ4n) is 1.86. The zero-order valence-corrected chi connectivity index (χ0v) is 11.1. The largest absolute Gasteiger partial charge is 0.490 e. The maximum atomic E-state index is 11.9. The fourth-order valence-corrected chi connectivity index (χ4v) is 1.86. The number of hydrogen-bond donors (Lipinski definition) is 0. The number of benzene rings is 1. The van der Waals surface area contributed by atoms with Crippen LogP contribution in [0.4, 0.5) is 0 Å². The van der Waals surface area contributed by atoms with E-state index in [1.54, 1.807) is 18.2 Å². The van der Waals surface area contributed by atoms with E-state index in [1.807, 2.05) is 30.3 Å². The van der Waals surface area contributed by atoms with Crippen molar-refractivity contribution < 1.29 is 9.47 Å². The summed E-state index contributed by atoms with van der Waals surface area (Å²) in [6.07, 6.45) is 2.47. The van der Waals surface area contributed by atoms with Crippen molar-refractivity contribution in [2.75, 3.05) is 0 Å². The van der Waals surface area contributed by atoms with Gasteiger partial charge in [-0.3, -0.25) is 4.79 Å². The van der Waals surface area contributed by atoms with E-state index < -0.39 is 0 Å². The Balaban J connectivity index is 1.77. The van der Waals surface area contributed by atoms with Crippen molar-refractivity contribution in [1.82, 2.24) is 0 Å². The Kier molecular flexibility index (Phi) is 3.68. The first-order valence-corrected chi connectivity index (χ1v) is 6.79. The van der Waals surface area contributed by atoms with Crippen molar-refractivity contribution in [3.05, 3.63) is 70.4 Å². The van der Waals surface area contributed by atoms with Gasteiger partial charge in [0, 0.05) is 6.07 Å². The van der Waals surface area contributed by atoms with E-state index in [4.69, 9.17) is 9.47 Å². The molecule has 0 radical (unpaired) electrons. The molecule has 0 amide bonds. The Labute approximate surface area is 117 Å². The van der Waals surface area contributed by atoms with E-state index >= 15 is 0 Å². The summed E-state index contributed by atoms with van der Waals surface area (Å²) >= 11 is 0. The third-order valence-electron chi connectivity index (χ3n) is 3.09. The lowest BCUT2D eigenvalue weighted by Crippen LogP contribution is -2.04. The highest BCUT2D eigenvalue weighted by Crippen LogP contribution is 2.27. The van der Waals surface area contributed by atoms with Gasteiger partial charge in [0.25, 0.3) is 0 Å². The summed E-state index contributed by atoms with van der Waals surface area (Å²) in [6, 6.07) is 16.5. The first-order valence-electron chi connectivity index (χ1n) is 6.79. The molecule has 1 aliphatic rings. The maximum Gasteiger partial charge on any atom is 0.220 e. The quantitative estimate of drug-likeness (QED) is 0.835. The molecule has 0 N–H and O–H groups in total. The predicted molar refractivity (Wildman–Crippen MR) is 77.1 cm³/mol. The average molecular weight is 268 g/mol. The molecule has 20 heavy (non-hydrogen) atoms. The molecule has 1 saturated carbocycles. The van der Waals surface area contributed by atoms with Gasteiger partial charge in [0.2, 0.25) is 5.43 Å². The lowest BCUT2D eigenvalue weighted by Gasteiger charge is -2.05. The first kappa shape index (κ1) is 12.7. The van der Waals surface area contributed by atoms with Crippen LogP contribution in [0.15, 0.2) is 59.4 Å². The minimum absolute atomic E-state index is 0.133. The van der Waals surface area contributed by atoms with E-state index in [0.717, 1.165) is 18.4 Å². The van der Waals surface area contributed by atoms with Gasteiger partial charge >= 0.3 is 0 Å². The molecule has 0 unspecified atom stereocenters. The zero-order valence-electron chi connectivity index (χ0n) is 11.1. The van der Waals surface area contributed by atoms with Crippen LogP contribution < -0.4 is 14.9 Å². The normalized spacial score (nSPS) is 13.8. The van der Waals surface area contributed by atoms with Crippen molar-refractivity contribution in [3.63, 3.8) is 0 Å². The van der Waals surface area contributed by atoms with Crippen LogP contribution in [0.5, 0.6) is 11.5 Å². The molecule has 3 rings (SSSR count). The van der Waals surface area contributed by atoms with Crippen LogP contribution in [0.2, 0.25) is 0 Å². The van der Waals surface area contributed by atoms with Gasteiger partial charge in [0.1, 0.15) is 12.4 Å². The van der Waals surface area contributed by atoms with Gasteiger partial charge in [-0.1, -0.05) is 36.4 Å².